The predicted molar refractivity (Wildman–Crippen MR) is 120 cm³/mol. The minimum atomic E-state index is -4.03. The van der Waals surface area contributed by atoms with Crippen LogP contribution in [0.2, 0.25) is 5.02 Å². The van der Waals surface area contributed by atoms with Crippen molar-refractivity contribution in [2.75, 3.05) is 18.4 Å². The molecule has 3 aromatic carbocycles. The van der Waals surface area contributed by atoms with Crippen molar-refractivity contribution in [3.63, 3.8) is 0 Å². The van der Waals surface area contributed by atoms with Crippen LogP contribution < -0.4 is 4.31 Å². The Kier molecular flexibility index (Phi) is 6.82. The molecule has 0 spiro atoms. The van der Waals surface area contributed by atoms with Gasteiger partial charge in [0.25, 0.3) is 15.9 Å². The Morgan fingerprint density at radius 1 is 1.06 bits per heavy atom. The highest BCUT2D eigenvalue weighted by Crippen LogP contribution is 2.27. The lowest BCUT2D eigenvalue weighted by atomic mass is 10.1. The number of amides is 1. The average Bonchev–Trinajstić information content (AvgIpc) is 2.78. The van der Waals surface area contributed by atoms with Crippen LogP contribution in [0.5, 0.6) is 0 Å². The number of carbonyl (C=O) groups excluding carboxylic acids is 1. The van der Waals surface area contributed by atoms with E-state index in [1.54, 1.807) is 31.3 Å². The monoisotopic (exact) mass is 471 g/mol. The summed E-state index contributed by atoms with van der Waals surface area (Å²) in [5.74, 6) is -0.957. The number of sulfonamides is 1. The molecule has 1 amide bonds. The molecule has 3 rings (SSSR count). The van der Waals surface area contributed by atoms with E-state index in [1.165, 1.54) is 42.3 Å². The molecule has 0 fully saturated rings. The Labute approximate surface area is 191 Å². The summed E-state index contributed by atoms with van der Waals surface area (Å²) in [5.41, 5.74) is 1.51. The second-order valence-corrected chi connectivity index (χ2v) is 9.44. The van der Waals surface area contributed by atoms with Crippen LogP contribution in [0.25, 0.3) is 0 Å². The van der Waals surface area contributed by atoms with Crippen LogP contribution in [0.3, 0.4) is 0 Å². The molecular weight excluding hydrogens is 453 g/mol. The first-order valence-corrected chi connectivity index (χ1v) is 11.2. The highest BCUT2D eigenvalue weighted by Gasteiger charge is 2.25. The summed E-state index contributed by atoms with van der Waals surface area (Å²) in [6.45, 7) is 0.205. The van der Waals surface area contributed by atoms with Gasteiger partial charge in [-0.25, -0.2) is 12.8 Å². The number of rotatable bonds is 6. The van der Waals surface area contributed by atoms with Crippen molar-refractivity contribution in [1.29, 1.82) is 5.26 Å². The lowest BCUT2D eigenvalue weighted by molar-refractivity contribution is 0.0785. The van der Waals surface area contributed by atoms with Crippen LogP contribution >= 0.6 is 11.6 Å². The zero-order valence-corrected chi connectivity index (χ0v) is 18.9. The van der Waals surface area contributed by atoms with E-state index >= 15 is 0 Å². The third kappa shape index (κ3) is 4.90. The summed E-state index contributed by atoms with van der Waals surface area (Å²) in [7, 11) is -1.13. The van der Waals surface area contributed by atoms with Crippen molar-refractivity contribution in [3.05, 3.63) is 94.3 Å². The minimum Gasteiger partial charge on any atom is -0.337 e. The largest absolute Gasteiger partial charge is 0.337 e. The number of hydrogen-bond donors (Lipinski definition) is 0. The summed E-state index contributed by atoms with van der Waals surface area (Å²) in [6.07, 6.45) is 0. The quantitative estimate of drug-likeness (QED) is 0.532. The molecule has 0 unspecified atom stereocenters. The van der Waals surface area contributed by atoms with Crippen LogP contribution in [0.1, 0.15) is 21.5 Å². The molecule has 0 aliphatic rings. The molecule has 0 bridgehead atoms. The number of anilines is 1. The maximum Gasteiger partial charge on any atom is 0.264 e. The Bertz CT molecular complexity index is 1300. The van der Waals surface area contributed by atoms with Gasteiger partial charge in [0, 0.05) is 20.6 Å². The predicted octanol–water partition coefficient (Wildman–Crippen LogP) is 4.45. The van der Waals surface area contributed by atoms with Crippen LogP contribution in [0, 0.1) is 17.1 Å². The number of nitriles is 1. The normalized spacial score (nSPS) is 11.0. The van der Waals surface area contributed by atoms with Gasteiger partial charge in [-0.05, 0) is 60.2 Å². The van der Waals surface area contributed by atoms with Gasteiger partial charge < -0.3 is 4.90 Å². The molecule has 0 N–H and O–H groups in total. The van der Waals surface area contributed by atoms with Crippen molar-refractivity contribution in [2.24, 2.45) is 0 Å². The van der Waals surface area contributed by atoms with E-state index in [9.17, 15) is 17.6 Å². The summed E-state index contributed by atoms with van der Waals surface area (Å²) in [4.78, 5) is 14.3. The molecule has 6 nitrogen and oxygen atoms in total. The average molecular weight is 472 g/mol. The van der Waals surface area contributed by atoms with E-state index in [0.717, 1.165) is 22.0 Å². The number of halogens is 2. The summed E-state index contributed by atoms with van der Waals surface area (Å²) in [5, 5.41) is 9.15. The second kappa shape index (κ2) is 9.39. The highest BCUT2D eigenvalue weighted by atomic mass is 35.5. The Hall–Kier alpha value is -3.41. The van der Waals surface area contributed by atoms with E-state index < -0.39 is 21.7 Å². The molecule has 0 radical (unpaired) electrons. The van der Waals surface area contributed by atoms with Gasteiger partial charge >= 0.3 is 0 Å². The first kappa shape index (κ1) is 23.3. The van der Waals surface area contributed by atoms with Gasteiger partial charge in [-0.15, -0.1) is 0 Å². The van der Waals surface area contributed by atoms with Crippen molar-refractivity contribution in [1.82, 2.24) is 4.90 Å². The molecule has 0 aliphatic heterocycles. The van der Waals surface area contributed by atoms with E-state index in [1.807, 2.05) is 6.07 Å². The first-order chi connectivity index (χ1) is 15.1. The molecule has 0 heterocycles. The third-order valence-corrected chi connectivity index (χ3v) is 6.95. The third-order valence-electron chi connectivity index (χ3n) is 4.84. The van der Waals surface area contributed by atoms with Crippen LogP contribution in [0.15, 0.2) is 71.6 Å². The molecular formula is C23H19ClFN3O3S. The zero-order valence-electron chi connectivity index (χ0n) is 17.3. The molecule has 0 aliphatic carbocycles. The van der Waals surface area contributed by atoms with Gasteiger partial charge in [0.15, 0.2) is 0 Å². The Morgan fingerprint density at radius 2 is 1.75 bits per heavy atom. The molecule has 3 aromatic rings. The molecule has 0 saturated carbocycles. The number of carbonyl (C=O) groups is 1. The molecule has 0 atom stereocenters. The van der Waals surface area contributed by atoms with Crippen LogP contribution in [-0.2, 0) is 16.6 Å². The fourth-order valence-electron chi connectivity index (χ4n) is 3.07. The smallest absolute Gasteiger partial charge is 0.264 e. The Balaban J connectivity index is 1.89. The van der Waals surface area contributed by atoms with Crippen LogP contribution in [-0.4, -0.2) is 33.3 Å². The minimum absolute atomic E-state index is 0.0270. The molecule has 0 saturated heterocycles. The zero-order chi connectivity index (χ0) is 23.5. The molecule has 9 heteroatoms. The summed E-state index contributed by atoms with van der Waals surface area (Å²) >= 11 is 6.21. The van der Waals surface area contributed by atoms with E-state index in [-0.39, 0.29) is 27.7 Å². The van der Waals surface area contributed by atoms with Crippen molar-refractivity contribution >= 4 is 33.2 Å². The molecule has 164 valence electrons. The SMILES string of the molecule is CN(Cc1cccc(C#N)c1)C(=O)c1cc(S(=O)(=O)N(C)c2ccc(F)cc2)ccc1Cl. The topological polar surface area (TPSA) is 81.5 Å². The summed E-state index contributed by atoms with van der Waals surface area (Å²) in [6, 6.07) is 17.8. The van der Waals surface area contributed by atoms with Gasteiger partial charge in [0.05, 0.1) is 32.8 Å². The second-order valence-electron chi connectivity index (χ2n) is 7.06. The lowest BCUT2D eigenvalue weighted by Gasteiger charge is -2.21. The highest BCUT2D eigenvalue weighted by molar-refractivity contribution is 7.92. The van der Waals surface area contributed by atoms with Gasteiger partial charge in [0.1, 0.15) is 5.82 Å². The van der Waals surface area contributed by atoms with Crippen molar-refractivity contribution in [3.8, 4) is 6.07 Å². The number of hydrogen-bond acceptors (Lipinski definition) is 4. The number of nitrogens with zero attached hydrogens (tertiary/aromatic N) is 3. The Morgan fingerprint density at radius 3 is 2.41 bits per heavy atom. The fraction of sp³-hybridized carbons (Fsp3) is 0.130. The first-order valence-electron chi connectivity index (χ1n) is 9.42. The van der Waals surface area contributed by atoms with E-state index in [4.69, 9.17) is 16.9 Å². The summed E-state index contributed by atoms with van der Waals surface area (Å²) < 4.78 is 40.3. The standard InChI is InChI=1S/C23H19ClFN3O3S/c1-27(15-17-5-3-4-16(12-17)14-26)23(29)21-13-20(10-11-22(21)24)32(30,31)28(2)19-8-6-18(25)7-9-19/h3-13H,15H2,1-2H3. The fourth-order valence-corrected chi connectivity index (χ4v) is 4.49. The van der Waals surface area contributed by atoms with Crippen molar-refractivity contribution in [2.45, 2.75) is 11.4 Å². The van der Waals surface area contributed by atoms with Gasteiger partial charge in [-0.2, -0.15) is 5.26 Å². The maximum atomic E-state index is 13.2. The van der Waals surface area contributed by atoms with E-state index in [0.29, 0.717) is 5.56 Å². The lowest BCUT2D eigenvalue weighted by Crippen LogP contribution is -2.28. The van der Waals surface area contributed by atoms with Gasteiger partial charge in [0.2, 0.25) is 0 Å². The maximum absolute atomic E-state index is 13.2. The number of benzene rings is 3. The van der Waals surface area contributed by atoms with Gasteiger partial charge in [-0.1, -0.05) is 23.7 Å². The van der Waals surface area contributed by atoms with Gasteiger partial charge in [-0.3, -0.25) is 9.10 Å². The van der Waals surface area contributed by atoms with Crippen LogP contribution in [0.4, 0.5) is 10.1 Å². The van der Waals surface area contributed by atoms with E-state index in [2.05, 4.69) is 0 Å². The molecule has 0 aromatic heterocycles. The van der Waals surface area contributed by atoms with Crippen molar-refractivity contribution < 1.29 is 17.6 Å². The molecule has 32 heavy (non-hydrogen) atoms.